The maximum absolute atomic E-state index is 13.1. The van der Waals surface area contributed by atoms with Gasteiger partial charge in [-0.1, -0.05) is 6.07 Å². The van der Waals surface area contributed by atoms with Crippen LogP contribution in [0.1, 0.15) is 34.3 Å². The summed E-state index contributed by atoms with van der Waals surface area (Å²) in [4.78, 5) is 21.6. The van der Waals surface area contributed by atoms with E-state index in [4.69, 9.17) is 0 Å². The maximum Gasteiger partial charge on any atom is 0.257 e. The van der Waals surface area contributed by atoms with E-state index in [1.165, 1.54) is 12.0 Å². The summed E-state index contributed by atoms with van der Waals surface area (Å²) in [6, 6.07) is 9.63. The number of fused-ring (bicyclic) bond motifs is 4. The third-order valence-corrected chi connectivity index (χ3v) is 5.59. The lowest BCUT2D eigenvalue weighted by Gasteiger charge is -2.36. The Bertz CT molecular complexity index is 793. The Balaban J connectivity index is 1.52. The second kappa shape index (κ2) is 7.08. The number of pyridine rings is 1. The molecule has 3 fully saturated rings. The van der Waals surface area contributed by atoms with Gasteiger partial charge in [-0.3, -0.25) is 14.7 Å². The molecule has 3 aliphatic heterocycles. The minimum atomic E-state index is -0.0389. The first kappa shape index (κ1) is 17.0. The standard InChI is InChI=1S/C21H25N3O2/c1-15-2-5-19(20(25)10-15)21(26)24-13-17-3-4-18(24)14-23(12-17)11-16-6-8-22-9-7-16/h2,5-10,17-18,25H,3-4,11-14H2,1H3/t17-,18+/m0/s1. The van der Waals surface area contributed by atoms with E-state index in [0.29, 0.717) is 11.5 Å². The molecule has 1 aromatic heterocycles. The fraction of sp³-hybridized carbons (Fsp3) is 0.429. The minimum Gasteiger partial charge on any atom is -0.507 e. The Morgan fingerprint density at radius 2 is 1.96 bits per heavy atom. The number of phenols is 1. The Morgan fingerprint density at radius 1 is 1.15 bits per heavy atom. The van der Waals surface area contributed by atoms with Crippen LogP contribution >= 0.6 is 0 Å². The lowest BCUT2D eigenvalue weighted by atomic mass is 9.94. The first-order valence-corrected chi connectivity index (χ1v) is 9.32. The SMILES string of the molecule is Cc1ccc(C(=O)N2C[C@H]3CC[C@@H]2CN(Cc2ccncc2)C3)c(O)c1. The van der Waals surface area contributed by atoms with Crippen molar-refractivity contribution in [1.29, 1.82) is 0 Å². The van der Waals surface area contributed by atoms with Crippen molar-refractivity contribution in [3.63, 3.8) is 0 Å². The monoisotopic (exact) mass is 351 g/mol. The predicted molar refractivity (Wildman–Crippen MR) is 99.9 cm³/mol. The lowest BCUT2D eigenvalue weighted by Crippen LogP contribution is -2.47. The van der Waals surface area contributed by atoms with Gasteiger partial charge < -0.3 is 10.0 Å². The number of rotatable bonds is 3. The number of benzene rings is 1. The van der Waals surface area contributed by atoms with E-state index in [1.807, 2.05) is 30.3 Å². The van der Waals surface area contributed by atoms with Gasteiger partial charge in [0.2, 0.25) is 0 Å². The van der Waals surface area contributed by atoms with Crippen LogP contribution in [0.3, 0.4) is 0 Å². The zero-order valence-corrected chi connectivity index (χ0v) is 15.1. The van der Waals surface area contributed by atoms with E-state index < -0.39 is 0 Å². The molecule has 3 saturated heterocycles. The number of phenolic OH excluding ortho intramolecular Hbond substituents is 1. The number of hydrogen-bond acceptors (Lipinski definition) is 4. The highest BCUT2D eigenvalue weighted by atomic mass is 16.3. The topological polar surface area (TPSA) is 56.7 Å². The number of hydrogen-bond donors (Lipinski definition) is 1. The van der Waals surface area contributed by atoms with Crippen molar-refractivity contribution < 1.29 is 9.90 Å². The molecule has 2 aromatic rings. The summed E-state index contributed by atoms with van der Waals surface area (Å²) < 4.78 is 0. The van der Waals surface area contributed by atoms with Gasteiger partial charge >= 0.3 is 0 Å². The van der Waals surface area contributed by atoms with Gasteiger partial charge in [-0.05, 0) is 61.1 Å². The first-order valence-electron chi connectivity index (χ1n) is 9.32. The molecule has 1 amide bonds. The molecule has 1 aromatic carbocycles. The van der Waals surface area contributed by atoms with Crippen LogP contribution < -0.4 is 0 Å². The molecule has 136 valence electrons. The van der Waals surface area contributed by atoms with Gasteiger partial charge in [0, 0.05) is 44.6 Å². The Labute approximate surface area is 154 Å². The smallest absolute Gasteiger partial charge is 0.257 e. The van der Waals surface area contributed by atoms with E-state index in [2.05, 4.69) is 22.0 Å². The van der Waals surface area contributed by atoms with Gasteiger partial charge in [0.1, 0.15) is 5.75 Å². The number of nitrogens with zero attached hydrogens (tertiary/aromatic N) is 3. The summed E-state index contributed by atoms with van der Waals surface area (Å²) >= 11 is 0. The quantitative estimate of drug-likeness (QED) is 0.924. The van der Waals surface area contributed by atoms with Gasteiger partial charge in [-0.2, -0.15) is 0 Å². The molecular formula is C21H25N3O2. The summed E-state index contributed by atoms with van der Waals surface area (Å²) in [6.45, 7) is 5.50. The zero-order chi connectivity index (χ0) is 18.1. The van der Waals surface area contributed by atoms with Crippen molar-refractivity contribution in [2.75, 3.05) is 19.6 Å². The molecule has 26 heavy (non-hydrogen) atoms. The zero-order valence-electron chi connectivity index (χ0n) is 15.1. The molecular weight excluding hydrogens is 326 g/mol. The number of aryl methyl sites for hydroxylation is 1. The van der Waals surface area contributed by atoms with Crippen molar-refractivity contribution >= 4 is 5.91 Å². The summed E-state index contributed by atoms with van der Waals surface area (Å²) in [5, 5.41) is 10.2. The van der Waals surface area contributed by atoms with E-state index >= 15 is 0 Å². The Kier molecular flexibility index (Phi) is 4.64. The van der Waals surface area contributed by atoms with Crippen molar-refractivity contribution in [2.24, 2.45) is 5.92 Å². The third kappa shape index (κ3) is 3.44. The molecule has 5 rings (SSSR count). The van der Waals surface area contributed by atoms with Crippen LogP contribution in [-0.4, -0.2) is 51.5 Å². The van der Waals surface area contributed by atoms with Gasteiger partial charge in [-0.25, -0.2) is 0 Å². The molecule has 4 heterocycles. The summed E-state index contributed by atoms with van der Waals surface area (Å²) in [5.74, 6) is 0.541. The van der Waals surface area contributed by atoms with E-state index in [-0.39, 0.29) is 17.7 Å². The summed E-state index contributed by atoms with van der Waals surface area (Å²) in [5.41, 5.74) is 2.64. The highest BCUT2D eigenvalue weighted by Gasteiger charge is 2.37. The first-order chi connectivity index (χ1) is 12.6. The van der Waals surface area contributed by atoms with Gasteiger partial charge in [0.15, 0.2) is 0 Å². The molecule has 1 N–H and O–H groups in total. The molecule has 0 aliphatic carbocycles. The van der Waals surface area contributed by atoms with Gasteiger partial charge in [0.25, 0.3) is 5.91 Å². The lowest BCUT2D eigenvalue weighted by molar-refractivity contribution is 0.0582. The molecule has 2 atom stereocenters. The van der Waals surface area contributed by atoms with Crippen LogP contribution in [0.15, 0.2) is 42.7 Å². The van der Waals surface area contributed by atoms with Crippen molar-refractivity contribution in [1.82, 2.24) is 14.8 Å². The summed E-state index contributed by atoms with van der Waals surface area (Å²) in [7, 11) is 0. The normalized spacial score (nSPS) is 23.0. The molecule has 0 spiro atoms. The van der Waals surface area contributed by atoms with Crippen LogP contribution in [0.5, 0.6) is 5.75 Å². The Morgan fingerprint density at radius 3 is 2.73 bits per heavy atom. The van der Waals surface area contributed by atoms with Crippen molar-refractivity contribution in [2.45, 2.75) is 32.4 Å². The van der Waals surface area contributed by atoms with E-state index in [1.54, 1.807) is 12.1 Å². The largest absolute Gasteiger partial charge is 0.507 e. The molecule has 2 bridgehead atoms. The average Bonchev–Trinajstić information content (AvgIpc) is 2.92. The van der Waals surface area contributed by atoms with Crippen LogP contribution in [0, 0.1) is 12.8 Å². The number of aromatic nitrogens is 1. The number of carbonyl (C=O) groups is 1. The van der Waals surface area contributed by atoms with E-state index in [0.717, 1.165) is 38.2 Å². The van der Waals surface area contributed by atoms with E-state index in [9.17, 15) is 9.90 Å². The van der Waals surface area contributed by atoms with Gasteiger partial charge in [0.05, 0.1) is 5.56 Å². The summed E-state index contributed by atoms with van der Waals surface area (Å²) in [6.07, 6.45) is 5.87. The van der Waals surface area contributed by atoms with Crippen LogP contribution in [0.25, 0.3) is 0 Å². The van der Waals surface area contributed by atoms with Gasteiger partial charge in [-0.15, -0.1) is 0 Å². The van der Waals surface area contributed by atoms with Crippen LogP contribution in [0.4, 0.5) is 0 Å². The fourth-order valence-electron chi connectivity index (χ4n) is 4.28. The average molecular weight is 351 g/mol. The van der Waals surface area contributed by atoms with Crippen LogP contribution in [-0.2, 0) is 6.54 Å². The second-order valence-electron chi connectivity index (χ2n) is 7.62. The predicted octanol–water partition coefficient (Wildman–Crippen LogP) is 2.83. The molecule has 0 saturated carbocycles. The number of aromatic hydroxyl groups is 1. The second-order valence-corrected chi connectivity index (χ2v) is 7.62. The molecule has 0 unspecified atom stereocenters. The fourth-order valence-corrected chi connectivity index (χ4v) is 4.28. The molecule has 0 radical (unpaired) electrons. The van der Waals surface area contributed by atoms with Crippen molar-refractivity contribution in [3.8, 4) is 5.75 Å². The maximum atomic E-state index is 13.1. The minimum absolute atomic E-state index is 0.0389. The molecule has 3 aliphatic rings. The highest BCUT2D eigenvalue weighted by molar-refractivity contribution is 5.97. The highest BCUT2D eigenvalue weighted by Crippen LogP contribution is 2.31. The third-order valence-electron chi connectivity index (χ3n) is 5.59. The molecule has 5 heteroatoms. The number of piperidine rings is 1. The molecule has 5 nitrogen and oxygen atoms in total. The number of amides is 1. The Hall–Kier alpha value is -2.40. The number of carbonyl (C=O) groups excluding carboxylic acids is 1. The van der Waals surface area contributed by atoms with Crippen LogP contribution in [0.2, 0.25) is 0 Å². The van der Waals surface area contributed by atoms with Crippen molar-refractivity contribution in [3.05, 3.63) is 59.4 Å².